The fourth-order valence-corrected chi connectivity index (χ4v) is 15.5. The summed E-state index contributed by atoms with van der Waals surface area (Å²) in [6.07, 6.45) is 4.23. The zero-order chi connectivity index (χ0) is 29.4. The van der Waals surface area contributed by atoms with Crippen molar-refractivity contribution in [2.75, 3.05) is 50.4 Å². The molecule has 0 saturated carbocycles. The van der Waals surface area contributed by atoms with Gasteiger partial charge in [-0.15, -0.1) is 47.0 Å². The van der Waals surface area contributed by atoms with Gasteiger partial charge in [-0.05, 0) is 24.6 Å². The highest BCUT2D eigenvalue weighted by molar-refractivity contribution is 8.45. The topological polar surface area (TPSA) is 96.6 Å². The second-order valence-electron chi connectivity index (χ2n) is 8.93. The van der Waals surface area contributed by atoms with Gasteiger partial charge < -0.3 is 9.47 Å². The summed E-state index contributed by atoms with van der Waals surface area (Å²) in [5, 5.41) is 0.610. The van der Waals surface area contributed by atoms with Gasteiger partial charge in [-0.1, -0.05) is 47.0 Å². The summed E-state index contributed by atoms with van der Waals surface area (Å²) in [5.41, 5.74) is -1.88. The number of hydrogen-bond donors (Lipinski definition) is 0. The van der Waals surface area contributed by atoms with Crippen molar-refractivity contribution in [1.29, 1.82) is 0 Å². The van der Waals surface area contributed by atoms with E-state index in [9.17, 15) is 19.2 Å². The molecule has 0 spiro atoms. The fraction of sp³-hybridized carbons (Fsp3) is 0.385. The SMILES string of the molecule is CSC1=C(SC)SC(=C2SC3=C(SCCOCCn4c(=O)c5cc6c(=O)n(c(=O)c6cc5c4=O)CCOCCS3)S2)S1. The molecule has 2 aromatic heterocycles. The molecule has 0 atom stereocenters. The van der Waals surface area contributed by atoms with Crippen LogP contribution in [0, 0.1) is 0 Å². The molecule has 4 aliphatic rings. The van der Waals surface area contributed by atoms with E-state index in [4.69, 9.17) is 9.47 Å². The molecule has 3 aromatic rings. The van der Waals surface area contributed by atoms with Crippen molar-refractivity contribution in [1.82, 2.24) is 9.13 Å². The second kappa shape index (κ2) is 13.8. The van der Waals surface area contributed by atoms with E-state index in [1.54, 1.807) is 70.6 Å². The highest BCUT2D eigenvalue weighted by Crippen LogP contribution is 2.65. The Morgan fingerprint density at radius 2 is 0.952 bits per heavy atom. The number of fused-ring (bicyclic) bond motifs is 10. The zero-order valence-electron chi connectivity index (χ0n) is 22.4. The van der Waals surface area contributed by atoms with E-state index >= 15 is 0 Å². The highest BCUT2D eigenvalue weighted by Gasteiger charge is 2.30. The first-order chi connectivity index (χ1) is 20.4. The molecule has 6 heterocycles. The molecule has 0 amide bonds. The molecule has 42 heavy (non-hydrogen) atoms. The van der Waals surface area contributed by atoms with Gasteiger partial charge in [-0.25, -0.2) is 0 Å². The number of hydrogen-bond acceptors (Lipinski definition) is 14. The highest BCUT2D eigenvalue weighted by atomic mass is 32.3. The second-order valence-corrected chi connectivity index (χ2v) is 18.4. The average Bonchev–Trinajstić information content (AvgIpc) is 3.71. The Bertz CT molecular complexity index is 1660. The van der Waals surface area contributed by atoms with Crippen LogP contribution in [0.25, 0.3) is 21.5 Å². The minimum atomic E-state index is -0.470. The Balaban J connectivity index is 1.22. The van der Waals surface area contributed by atoms with Crippen LogP contribution >= 0.6 is 94.1 Å². The molecular weight excluding hydrogens is 693 g/mol. The van der Waals surface area contributed by atoms with Crippen LogP contribution in [0.15, 0.2) is 56.7 Å². The maximum absolute atomic E-state index is 13.0. The van der Waals surface area contributed by atoms with Crippen LogP contribution in [0.5, 0.6) is 0 Å². The molecule has 0 fully saturated rings. The number of thioether (sulfide) groups is 8. The van der Waals surface area contributed by atoms with Gasteiger partial charge in [0.2, 0.25) is 0 Å². The Morgan fingerprint density at radius 1 is 0.571 bits per heavy atom. The Labute approximate surface area is 274 Å². The number of nitrogens with zero attached hydrogens (tertiary/aromatic N) is 2. The minimum Gasteiger partial charge on any atom is -0.379 e. The number of aromatic nitrogens is 2. The van der Waals surface area contributed by atoms with Gasteiger partial charge in [0, 0.05) is 11.5 Å². The summed E-state index contributed by atoms with van der Waals surface area (Å²) >= 11 is 14.4. The van der Waals surface area contributed by atoms with Crippen LogP contribution in [0.3, 0.4) is 0 Å². The van der Waals surface area contributed by atoms with Crippen LogP contribution in [-0.2, 0) is 22.6 Å². The van der Waals surface area contributed by atoms with Crippen molar-refractivity contribution in [2.24, 2.45) is 0 Å². The van der Waals surface area contributed by atoms with Gasteiger partial charge >= 0.3 is 0 Å². The van der Waals surface area contributed by atoms with Crippen molar-refractivity contribution < 1.29 is 9.47 Å². The first-order valence-corrected chi connectivity index (χ1v) is 20.4. The maximum Gasteiger partial charge on any atom is 0.261 e. The lowest BCUT2D eigenvalue weighted by molar-refractivity contribution is 0.140. The van der Waals surface area contributed by atoms with Crippen molar-refractivity contribution in [3.05, 3.63) is 79.0 Å². The van der Waals surface area contributed by atoms with Gasteiger partial charge in [0.05, 0.1) is 86.5 Å². The molecule has 222 valence electrons. The summed E-state index contributed by atoms with van der Waals surface area (Å²) in [7, 11) is 0. The molecule has 6 bridgehead atoms. The predicted molar refractivity (Wildman–Crippen MR) is 190 cm³/mol. The molecule has 16 heteroatoms. The molecule has 0 N–H and O–H groups in total. The monoisotopic (exact) mass is 716 g/mol. The third-order valence-electron chi connectivity index (χ3n) is 6.51. The quantitative estimate of drug-likeness (QED) is 0.334. The largest absolute Gasteiger partial charge is 0.379 e. The fourth-order valence-electron chi connectivity index (χ4n) is 4.52. The third-order valence-corrected chi connectivity index (χ3v) is 17.7. The van der Waals surface area contributed by atoms with E-state index in [1.807, 2.05) is 23.5 Å². The van der Waals surface area contributed by atoms with Crippen LogP contribution in [0.2, 0.25) is 0 Å². The van der Waals surface area contributed by atoms with Crippen LogP contribution in [-0.4, -0.2) is 59.6 Å². The van der Waals surface area contributed by atoms with Crippen molar-refractivity contribution >= 4 is 116 Å². The van der Waals surface area contributed by atoms with Crippen LogP contribution in [0.1, 0.15) is 0 Å². The van der Waals surface area contributed by atoms with E-state index in [1.165, 1.54) is 37.6 Å². The van der Waals surface area contributed by atoms with E-state index in [-0.39, 0.29) is 47.8 Å². The normalized spacial score (nSPS) is 19.9. The first-order valence-electron chi connectivity index (χ1n) is 12.7. The molecule has 4 aliphatic heterocycles. The van der Waals surface area contributed by atoms with Gasteiger partial charge in [0.15, 0.2) is 0 Å². The van der Waals surface area contributed by atoms with Gasteiger partial charge in [0.25, 0.3) is 22.2 Å². The Morgan fingerprint density at radius 3 is 1.33 bits per heavy atom. The van der Waals surface area contributed by atoms with Crippen LogP contribution < -0.4 is 22.2 Å². The molecule has 0 unspecified atom stereocenters. The maximum atomic E-state index is 13.0. The van der Waals surface area contributed by atoms with Crippen molar-refractivity contribution in [3.63, 3.8) is 0 Å². The number of rotatable bonds is 2. The summed E-state index contributed by atoms with van der Waals surface area (Å²) in [6.45, 7) is 1.58. The average molecular weight is 717 g/mol. The molecule has 0 aliphatic carbocycles. The van der Waals surface area contributed by atoms with E-state index in [0.717, 1.165) is 20.6 Å². The standard InChI is InChI=1S/C26H24N2O6S8/c1-35-21-22(36-2)40-25(39-21)26-41-23-24(42-26)38-10-8-34-6-4-28-19(31)15-11-13-14(12-16(15)20(28)32)18(30)27(17(13)29)3-5-33-7-9-37-23/h11-12H,3-10H2,1-2H3. The molecule has 1 aromatic carbocycles. The number of ether oxygens (including phenoxy) is 2. The summed E-state index contributed by atoms with van der Waals surface area (Å²) < 4.78 is 21.7. The van der Waals surface area contributed by atoms with Gasteiger partial charge in [-0.2, -0.15) is 0 Å². The summed E-state index contributed by atoms with van der Waals surface area (Å²) in [6, 6.07) is 2.77. The predicted octanol–water partition coefficient (Wildman–Crippen LogP) is 5.49. The van der Waals surface area contributed by atoms with Crippen molar-refractivity contribution in [3.8, 4) is 0 Å². The first kappa shape index (κ1) is 31.4. The molecule has 8 nitrogen and oxygen atoms in total. The van der Waals surface area contributed by atoms with E-state index < -0.39 is 22.2 Å². The Kier molecular flexibility index (Phi) is 10.3. The lowest BCUT2D eigenvalue weighted by Gasteiger charge is -2.07. The molecule has 0 radical (unpaired) electrons. The summed E-state index contributed by atoms with van der Waals surface area (Å²) in [5.74, 6) is 1.48. The van der Waals surface area contributed by atoms with Gasteiger partial charge in [-0.3, -0.25) is 28.3 Å². The lowest BCUT2D eigenvalue weighted by Crippen LogP contribution is -2.28. The van der Waals surface area contributed by atoms with Crippen molar-refractivity contribution in [2.45, 2.75) is 13.1 Å². The summed E-state index contributed by atoms with van der Waals surface area (Å²) in [4.78, 5) is 52.1. The third kappa shape index (κ3) is 6.14. The van der Waals surface area contributed by atoms with E-state index in [2.05, 4.69) is 12.5 Å². The van der Waals surface area contributed by atoms with Crippen LogP contribution in [0.4, 0.5) is 0 Å². The van der Waals surface area contributed by atoms with Gasteiger partial charge in [0.1, 0.15) is 0 Å². The molecule has 7 rings (SSSR count). The number of benzene rings is 1. The lowest BCUT2D eigenvalue weighted by atomic mass is 10.1. The smallest absolute Gasteiger partial charge is 0.261 e. The molecular formula is C26H24N2O6S8. The van der Waals surface area contributed by atoms with E-state index in [0.29, 0.717) is 13.2 Å². The zero-order valence-corrected chi connectivity index (χ0v) is 29.0. The minimum absolute atomic E-state index is 0.106. The Hall–Kier alpha value is -0.560. The molecule has 0 saturated heterocycles.